The SMILES string of the molecule is CC(CO)CNC(=O)COC1CCNCC1. The minimum absolute atomic E-state index is 0.0927. The summed E-state index contributed by atoms with van der Waals surface area (Å²) in [6.45, 7) is 4.54. The molecule has 5 heteroatoms. The number of aliphatic hydroxyl groups is 1. The molecule has 0 aliphatic carbocycles. The first-order valence-electron chi connectivity index (χ1n) is 5.92. The van der Waals surface area contributed by atoms with Crippen molar-refractivity contribution in [3.63, 3.8) is 0 Å². The molecule has 16 heavy (non-hydrogen) atoms. The Kier molecular flexibility index (Phi) is 6.37. The zero-order valence-electron chi connectivity index (χ0n) is 9.87. The molecule has 0 bridgehead atoms. The minimum atomic E-state index is -0.0983. The predicted molar refractivity (Wildman–Crippen MR) is 61.1 cm³/mol. The maximum atomic E-state index is 11.4. The highest BCUT2D eigenvalue weighted by Gasteiger charge is 2.14. The molecule has 1 aliphatic heterocycles. The zero-order valence-corrected chi connectivity index (χ0v) is 9.87. The van der Waals surface area contributed by atoms with Gasteiger partial charge in [0.2, 0.25) is 5.91 Å². The molecule has 1 saturated heterocycles. The smallest absolute Gasteiger partial charge is 0.246 e. The van der Waals surface area contributed by atoms with Gasteiger partial charge in [-0.3, -0.25) is 4.79 Å². The molecule has 0 aromatic carbocycles. The lowest BCUT2D eigenvalue weighted by Gasteiger charge is -2.22. The second-order valence-electron chi connectivity index (χ2n) is 4.35. The van der Waals surface area contributed by atoms with E-state index in [0.717, 1.165) is 25.9 Å². The fourth-order valence-corrected chi connectivity index (χ4v) is 1.56. The summed E-state index contributed by atoms with van der Waals surface area (Å²) in [7, 11) is 0. The molecule has 0 saturated carbocycles. The molecule has 1 heterocycles. The third-order valence-electron chi connectivity index (χ3n) is 2.70. The molecule has 3 N–H and O–H groups in total. The standard InChI is InChI=1S/C11H22N2O3/c1-9(7-14)6-13-11(15)8-16-10-2-4-12-5-3-10/h9-10,12,14H,2-8H2,1H3,(H,13,15). The van der Waals surface area contributed by atoms with Crippen molar-refractivity contribution in [3.8, 4) is 0 Å². The van der Waals surface area contributed by atoms with Crippen molar-refractivity contribution < 1.29 is 14.6 Å². The number of nitrogens with one attached hydrogen (secondary N) is 2. The van der Waals surface area contributed by atoms with Crippen LogP contribution < -0.4 is 10.6 Å². The third kappa shape index (κ3) is 5.44. The van der Waals surface area contributed by atoms with Crippen molar-refractivity contribution in [3.05, 3.63) is 0 Å². The van der Waals surface area contributed by atoms with Gasteiger partial charge >= 0.3 is 0 Å². The fraction of sp³-hybridized carbons (Fsp3) is 0.909. The van der Waals surface area contributed by atoms with Crippen molar-refractivity contribution >= 4 is 5.91 Å². The van der Waals surface area contributed by atoms with E-state index in [1.807, 2.05) is 6.92 Å². The van der Waals surface area contributed by atoms with E-state index in [2.05, 4.69) is 10.6 Å². The molecular weight excluding hydrogens is 208 g/mol. The lowest BCUT2D eigenvalue weighted by molar-refractivity contribution is -0.128. The summed E-state index contributed by atoms with van der Waals surface area (Å²) in [6, 6.07) is 0. The Morgan fingerprint density at radius 1 is 1.56 bits per heavy atom. The molecule has 1 fully saturated rings. The summed E-state index contributed by atoms with van der Waals surface area (Å²) in [4.78, 5) is 11.4. The summed E-state index contributed by atoms with van der Waals surface area (Å²) in [5, 5.41) is 14.8. The Hall–Kier alpha value is -0.650. The van der Waals surface area contributed by atoms with E-state index in [1.165, 1.54) is 0 Å². The van der Waals surface area contributed by atoms with E-state index < -0.39 is 0 Å². The number of ether oxygens (including phenoxy) is 1. The van der Waals surface area contributed by atoms with E-state index in [-0.39, 0.29) is 31.1 Å². The number of amides is 1. The van der Waals surface area contributed by atoms with E-state index in [9.17, 15) is 4.79 Å². The van der Waals surface area contributed by atoms with Crippen LogP contribution in [-0.4, -0.2) is 50.0 Å². The van der Waals surface area contributed by atoms with Crippen LogP contribution in [-0.2, 0) is 9.53 Å². The highest BCUT2D eigenvalue weighted by atomic mass is 16.5. The number of hydrogen-bond donors (Lipinski definition) is 3. The maximum absolute atomic E-state index is 11.4. The quantitative estimate of drug-likeness (QED) is 0.575. The van der Waals surface area contributed by atoms with E-state index in [0.29, 0.717) is 6.54 Å². The third-order valence-corrected chi connectivity index (χ3v) is 2.70. The van der Waals surface area contributed by atoms with Crippen LogP contribution in [0.4, 0.5) is 0 Å². The van der Waals surface area contributed by atoms with Gasteiger partial charge < -0.3 is 20.5 Å². The molecule has 1 aliphatic rings. The maximum Gasteiger partial charge on any atom is 0.246 e. The topological polar surface area (TPSA) is 70.6 Å². The van der Waals surface area contributed by atoms with Gasteiger partial charge in [0.15, 0.2) is 0 Å². The monoisotopic (exact) mass is 230 g/mol. The van der Waals surface area contributed by atoms with Crippen molar-refractivity contribution in [1.82, 2.24) is 10.6 Å². The number of piperidine rings is 1. The highest BCUT2D eigenvalue weighted by Crippen LogP contribution is 2.06. The van der Waals surface area contributed by atoms with Crippen molar-refractivity contribution in [2.45, 2.75) is 25.9 Å². The molecule has 0 spiro atoms. The summed E-state index contributed by atoms with van der Waals surface area (Å²) in [6.07, 6.45) is 2.16. The molecule has 1 unspecified atom stereocenters. The van der Waals surface area contributed by atoms with Gasteiger partial charge in [-0.1, -0.05) is 6.92 Å². The molecule has 0 aromatic heterocycles. The minimum Gasteiger partial charge on any atom is -0.396 e. The van der Waals surface area contributed by atoms with Gasteiger partial charge in [-0.25, -0.2) is 0 Å². The van der Waals surface area contributed by atoms with Crippen molar-refractivity contribution in [2.75, 3.05) is 32.8 Å². The lowest BCUT2D eigenvalue weighted by Crippen LogP contribution is -2.37. The Balaban J connectivity index is 2.05. The molecule has 1 atom stereocenters. The van der Waals surface area contributed by atoms with Crippen LogP contribution in [0.2, 0.25) is 0 Å². The lowest BCUT2D eigenvalue weighted by atomic mass is 10.1. The molecular formula is C11H22N2O3. The normalized spacial score (nSPS) is 19.4. The largest absolute Gasteiger partial charge is 0.396 e. The van der Waals surface area contributed by atoms with Gasteiger partial charge in [0.25, 0.3) is 0 Å². The van der Waals surface area contributed by atoms with Crippen molar-refractivity contribution in [1.29, 1.82) is 0 Å². The molecule has 5 nitrogen and oxygen atoms in total. The number of carbonyl (C=O) groups excluding carboxylic acids is 1. The molecule has 0 radical (unpaired) electrons. The first-order chi connectivity index (χ1) is 7.72. The Bertz CT molecular complexity index is 205. The average Bonchev–Trinajstić information content (AvgIpc) is 2.34. The Labute approximate surface area is 96.6 Å². The average molecular weight is 230 g/mol. The van der Waals surface area contributed by atoms with Gasteiger partial charge in [-0.2, -0.15) is 0 Å². The number of rotatable bonds is 6. The molecule has 0 aromatic rings. The summed E-state index contributed by atoms with van der Waals surface area (Å²) >= 11 is 0. The first-order valence-corrected chi connectivity index (χ1v) is 5.92. The Morgan fingerprint density at radius 2 is 2.25 bits per heavy atom. The van der Waals surface area contributed by atoms with Crippen LogP contribution in [0.3, 0.4) is 0 Å². The molecule has 1 amide bonds. The Morgan fingerprint density at radius 3 is 2.88 bits per heavy atom. The van der Waals surface area contributed by atoms with E-state index in [1.54, 1.807) is 0 Å². The second-order valence-corrected chi connectivity index (χ2v) is 4.35. The number of carbonyl (C=O) groups is 1. The highest BCUT2D eigenvalue weighted by molar-refractivity contribution is 5.77. The van der Waals surface area contributed by atoms with Crippen LogP contribution in [0.1, 0.15) is 19.8 Å². The van der Waals surface area contributed by atoms with Crippen LogP contribution >= 0.6 is 0 Å². The molecule has 1 rings (SSSR count). The van der Waals surface area contributed by atoms with Gasteiger partial charge in [-0.15, -0.1) is 0 Å². The van der Waals surface area contributed by atoms with E-state index in [4.69, 9.17) is 9.84 Å². The summed E-state index contributed by atoms with van der Waals surface area (Å²) in [5.74, 6) is 0.00154. The van der Waals surface area contributed by atoms with Crippen LogP contribution in [0.5, 0.6) is 0 Å². The van der Waals surface area contributed by atoms with Gasteiger partial charge in [0.1, 0.15) is 6.61 Å². The van der Waals surface area contributed by atoms with Gasteiger partial charge in [0, 0.05) is 13.2 Å². The summed E-state index contributed by atoms with van der Waals surface area (Å²) < 4.78 is 5.50. The van der Waals surface area contributed by atoms with Crippen LogP contribution in [0, 0.1) is 5.92 Å². The van der Waals surface area contributed by atoms with E-state index >= 15 is 0 Å². The number of aliphatic hydroxyl groups excluding tert-OH is 1. The first kappa shape index (κ1) is 13.4. The van der Waals surface area contributed by atoms with Gasteiger partial charge in [0.05, 0.1) is 6.10 Å². The van der Waals surface area contributed by atoms with Crippen molar-refractivity contribution in [2.24, 2.45) is 5.92 Å². The number of hydrogen-bond acceptors (Lipinski definition) is 4. The van der Waals surface area contributed by atoms with Crippen LogP contribution in [0.15, 0.2) is 0 Å². The van der Waals surface area contributed by atoms with Gasteiger partial charge in [-0.05, 0) is 31.8 Å². The second kappa shape index (κ2) is 7.60. The predicted octanol–water partition coefficient (Wildman–Crippen LogP) is -0.500. The fourth-order valence-electron chi connectivity index (χ4n) is 1.56. The molecule has 94 valence electrons. The summed E-state index contributed by atoms with van der Waals surface area (Å²) in [5.41, 5.74) is 0. The van der Waals surface area contributed by atoms with Crippen LogP contribution in [0.25, 0.3) is 0 Å². The zero-order chi connectivity index (χ0) is 11.8.